The maximum Gasteiger partial charge on any atom is 0.268 e. The van der Waals surface area contributed by atoms with Gasteiger partial charge in [0.05, 0.1) is 23.2 Å². The van der Waals surface area contributed by atoms with E-state index in [0.29, 0.717) is 34.6 Å². The number of hydrogen-bond donors (Lipinski definition) is 1. The van der Waals surface area contributed by atoms with Crippen molar-refractivity contribution in [2.24, 2.45) is 0 Å². The fourth-order valence-corrected chi connectivity index (χ4v) is 5.68. The lowest BCUT2D eigenvalue weighted by Crippen LogP contribution is -2.18. The molecule has 1 aromatic heterocycles. The zero-order valence-electron chi connectivity index (χ0n) is 19.6. The Balaban J connectivity index is 1.52. The molecular weight excluding hydrogens is 474 g/mol. The number of fused-ring (bicyclic) bond motifs is 1. The predicted octanol–water partition coefficient (Wildman–Crippen LogP) is 5.55. The van der Waals surface area contributed by atoms with Gasteiger partial charge in [0.1, 0.15) is 24.2 Å². The van der Waals surface area contributed by atoms with Crippen LogP contribution in [0.5, 0.6) is 11.5 Å². The van der Waals surface area contributed by atoms with Gasteiger partial charge in [-0.15, -0.1) is 0 Å². The van der Waals surface area contributed by atoms with Gasteiger partial charge in [-0.05, 0) is 53.6 Å². The van der Waals surface area contributed by atoms with E-state index < -0.39 is 16.1 Å². The van der Waals surface area contributed by atoms with E-state index in [4.69, 9.17) is 9.47 Å². The Hall–Kier alpha value is -4.07. The van der Waals surface area contributed by atoms with Gasteiger partial charge < -0.3 is 14.6 Å². The summed E-state index contributed by atoms with van der Waals surface area (Å²) in [4.78, 5) is 0.128. The highest BCUT2D eigenvalue weighted by Crippen LogP contribution is 2.34. The van der Waals surface area contributed by atoms with Crippen molar-refractivity contribution in [1.29, 1.82) is 0 Å². The van der Waals surface area contributed by atoms with E-state index in [0.717, 1.165) is 5.56 Å². The van der Waals surface area contributed by atoms with Crippen LogP contribution in [-0.2, 0) is 16.6 Å². The maximum atomic E-state index is 13.7. The third-order valence-corrected chi connectivity index (χ3v) is 7.76. The number of nitrogens with zero attached hydrogens (tertiary/aromatic N) is 1. The Morgan fingerprint density at radius 1 is 0.806 bits per heavy atom. The third kappa shape index (κ3) is 4.58. The first kappa shape index (κ1) is 23.7. The molecule has 4 aromatic carbocycles. The molecule has 0 aliphatic carbocycles. The van der Waals surface area contributed by atoms with Crippen molar-refractivity contribution in [2.45, 2.75) is 17.6 Å². The second kappa shape index (κ2) is 9.89. The van der Waals surface area contributed by atoms with E-state index in [2.05, 4.69) is 0 Å². The van der Waals surface area contributed by atoms with Crippen LogP contribution in [0.2, 0.25) is 0 Å². The van der Waals surface area contributed by atoms with Crippen molar-refractivity contribution in [2.75, 3.05) is 7.11 Å². The molecule has 0 bridgehead atoms. The summed E-state index contributed by atoms with van der Waals surface area (Å²) in [6, 6.07) is 31.9. The lowest BCUT2D eigenvalue weighted by atomic mass is 10.1. The molecule has 1 heterocycles. The molecule has 0 saturated heterocycles. The number of hydrogen-bond acceptors (Lipinski definition) is 5. The van der Waals surface area contributed by atoms with E-state index in [9.17, 15) is 13.5 Å². The highest BCUT2D eigenvalue weighted by atomic mass is 32.2. The van der Waals surface area contributed by atoms with Gasteiger partial charge >= 0.3 is 0 Å². The predicted molar refractivity (Wildman–Crippen MR) is 139 cm³/mol. The maximum absolute atomic E-state index is 13.7. The van der Waals surface area contributed by atoms with Crippen LogP contribution in [-0.4, -0.2) is 24.6 Å². The van der Waals surface area contributed by atoms with Gasteiger partial charge in [0.25, 0.3) is 10.0 Å². The van der Waals surface area contributed by atoms with Crippen LogP contribution >= 0.6 is 0 Å². The molecule has 0 fully saturated rings. The molecule has 0 radical (unpaired) electrons. The van der Waals surface area contributed by atoms with Gasteiger partial charge in [0.2, 0.25) is 0 Å². The van der Waals surface area contributed by atoms with Crippen molar-refractivity contribution in [3.05, 3.63) is 126 Å². The van der Waals surface area contributed by atoms with Crippen molar-refractivity contribution in [3.8, 4) is 11.5 Å². The SMILES string of the molecule is COc1ccc2cc(C(O)c3ccc(OCc4ccccc4)cc3)n(S(=O)(=O)c3ccccc3)c2c1. The van der Waals surface area contributed by atoms with Crippen LogP contribution in [0, 0.1) is 0 Å². The highest BCUT2D eigenvalue weighted by molar-refractivity contribution is 7.90. The number of methoxy groups -OCH3 is 1. The van der Waals surface area contributed by atoms with Crippen LogP contribution in [0.1, 0.15) is 22.9 Å². The Morgan fingerprint density at radius 2 is 1.44 bits per heavy atom. The average Bonchev–Trinajstić information content (AvgIpc) is 3.32. The number of aliphatic hydroxyl groups excluding tert-OH is 1. The standard InChI is InChI=1S/C29H25NO5S/c1-34-25-17-14-23-18-28(30(27(23)19-25)36(32,33)26-10-6-3-7-11-26)29(31)22-12-15-24(16-13-22)35-20-21-8-4-2-5-9-21/h2-19,29,31H,20H2,1H3. The first-order valence-corrected chi connectivity index (χ1v) is 12.9. The molecule has 0 aliphatic rings. The molecular formula is C29H25NO5S. The molecule has 0 saturated carbocycles. The Morgan fingerprint density at radius 3 is 2.11 bits per heavy atom. The summed E-state index contributed by atoms with van der Waals surface area (Å²) in [6.07, 6.45) is -1.19. The fraction of sp³-hybridized carbons (Fsp3) is 0.103. The van der Waals surface area contributed by atoms with Crippen LogP contribution in [0.25, 0.3) is 10.9 Å². The summed E-state index contributed by atoms with van der Waals surface area (Å²) in [5.41, 5.74) is 2.25. The Bertz CT molecular complexity index is 1580. The number of aliphatic hydroxyl groups is 1. The molecule has 1 N–H and O–H groups in total. The molecule has 0 amide bonds. The first-order chi connectivity index (χ1) is 17.5. The fourth-order valence-electron chi connectivity index (χ4n) is 4.12. The minimum Gasteiger partial charge on any atom is -0.497 e. The monoisotopic (exact) mass is 499 g/mol. The Kier molecular flexibility index (Phi) is 6.50. The summed E-state index contributed by atoms with van der Waals surface area (Å²) in [5, 5.41) is 12.0. The van der Waals surface area contributed by atoms with E-state index >= 15 is 0 Å². The highest BCUT2D eigenvalue weighted by Gasteiger charge is 2.27. The van der Waals surface area contributed by atoms with E-state index in [1.807, 2.05) is 30.3 Å². The Labute approximate surface area is 210 Å². The molecule has 7 heteroatoms. The first-order valence-electron chi connectivity index (χ1n) is 11.4. The van der Waals surface area contributed by atoms with Gasteiger partial charge in [-0.2, -0.15) is 0 Å². The van der Waals surface area contributed by atoms with E-state index in [-0.39, 0.29) is 10.6 Å². The summed E-state index contributed by atoms with van der Waals surface area (Å²) in [5.74, 6) is 1.17. The largest absolute Gasteiger partial charge is 0.497 e. The van der Waals surface area contributed by atoms with Gasteiger partial charge in [0, 0.05) is 11.5 Å². The van der Waals surface area contributed by atoms with Gasteiger partial charge in [-0.1, -0.05) is 60.7 Å². The molecule has 5 aromatic rings. The van der Waals surface area contributed by atoms with Crippen LogP contribution in [0.4, 0.5) is 0 Å². The molecule has 6 nitrogen and oxygen atoms in total. The van der Waals surface area contributed by atoms with E-state index in [1.165, 1.54) is 23.2 Å². The van der Waals surface area contributed by atoms with Gasteiger partial charge in [-0.3, -0.25) is 0 Å². The van der Waals surface area contributed by atoms with Crippen LogP contribution in [0.15, 0.2) is 114 Å². The van der Waals surface area contributed by atoms with Crippen LogP contribution in [0.3, 0.4) is 0 Å². The molecule has 182 valence electrons. The molecule has 5 rings (SSSR count). The number of rotatable bonds is 8. The summed E-state index contributed by atoms with van der Waals surface area (Å²) < 4.78 is 39.8. The van der Waals surface area contributed by atoms with Crippen molar-refractivity contribution < 1.29 is 23.0 Å². The third-order valence-electron chi connectivity index (χ3n) is 6.00. The van der Waals surface area contributed by atoms with Crippen LogP contribution < -0.4 is 9.47 Å². The van der Waals surface area contributed by atoms with Crippen molar-refractivity contribution >= 4 is 20.9 Å². The van der Waals surface area contributed by atoms with Crippen molar-refractivity contribution in [1.82, 2.24) is 3.97 Å². The molecule has 1 unspecified atom stereocenters. The summed E-state index contributed by atoms with van der Waals surface area (Å²) >= 11 is 0. The minimum absolute atomic E-state index is 0.128. The molecule has 0 aliphatic heterocycles. The quantitative estimate of drug-likeness (QED) is 0.303. The summed E-state index contributed by atoms with van der Waals surface area (Å²) in [6.45, 7) is 0.425. The lowest BCUT2D eigenvalue weighted by molar-refractivity contribution is 0.214. The smallest absolute Gasteiger partial charge is 0.268 e. The lowest BCUT2D eigenvalue weighted by Gasteiger charge is -2.17. The van der Waals surface area contributed by atoms with Gasteiger partial charge in [-0.25, -0.2) is 12.4 Å². The minimum atomic E-state index is -4.00. The zero-order chi connectivity index (χ0) is 25.1. The second-order valence-electron chi connectivity index (χ2n) is 8.32. The summed E-state index contributed by atoms with van der Waals surface area (Å²) in [7, 11) is -2.48. The molecule has 1 atom stereocenters. The normalized spacial score (nSPS) is 12.4. The topological polar surface area (TPSA) is 77.8 Å². The number of benzene rings is 4. The second-order valence-corrected chi connectivity index (χ2v) is 10.1. The van der Waals surface area contributed by atoms with Gasteiger partial charge in [0.15, 0.2) is 0 Å². The average molecular weight is 500 g/mol. The van der Waals surface area contributed by atoms with Crippen molar-refractivity contribution in [3.63, 3.8) is 0 Å². The number of aromatic nitrogens is 1. The van der Waals surface area contributed by atoms with E-state index in [1.54, 1.807) is 66.7 Å². The molecule has 0 spiro atoms. The molecule has 36 heavy (non-hydrogen) atoms. The number of ether oxygens (including phenoxy) is 2. The zero-order valence-corrected chi connectivity index (χ0v) is 20.4.